The largest absolute Gasteiger partial charge is 0.0842 e. The standard InChI is InChI=1S/C18H17I/c19-16-11-12-17(14-7-3-1-4-8-14)18(13-16)15-9-5-2-6-10-15/h1-3,5-7,9,11-13,15H,4,8,10H2. The van der Waals surface area contributed by atoms with Crippen LogP contribution in [0.15, 0.2) is 60.7 Å². The zero-order valence-corrected chi connectivity index (χ0v) is 13.0. The van der Waals surface area contributed by atoms with Gasteiger partial charge in [0.05, 0.1) is 0 Å². The van der Waals surface area contributed by atoms with E-state index in [9.17, 15) is 0 Å². The Hall–Kier alpha value is -1.09. The molecule has 96 valence electrons. The zero-order valence-electron chi connectivity index (χ0n) is 10.9. The maximum absolute atomic E-state index is 2.41. The molecule has 0 saturated heterocycles. The third kappa shape index (κ3) is 2.92. The lowest BCUT2D eigenvalue weighted by Crippen LogP contribution is -2.02. The summed E-state index contributed by atoms with van der Waals surface area (Å²) in [4.78, 5) is 0. The van der Waals surface area contributed by atoms with E-state index in [-0.39, 0.29) is 0 Å². The summed E-state index contributed by atoms with van der Waals surface area (Å²) in [5.74, 6) is 0.529. The molecular formula is C18H17I. The van der Waals surface area contributed by atoms with E-state index in [4.69, 9.17) is 0 Å². The molecule has 1 atom stereocenters. The summed E-state index contributed by atoms with van der Waals surface area (Å²) >= 11 is 2.41. The van der Waals surface area contributed by atoms with E-state index >= 15 is 0 Å². The van der Waals surface area contributed by atoms with E-state index in [1.165, 1.54) is 20.3 Å². The van der Waals surface area contributed by atoms with Gasteiger partial charge in [-0.05, 0) is 70.7 Å². The molecule has 0 heterocycles. The monoisotopic (exact) mass is 360 g/mol. The average molecular weight is 360 g/mol. The van der Waals surface area contributed by atoms with Crippen LogP contribution in [0.25, 0.3) is 5.57 Å². The minimum Gasteiger partial charge on any atom is -0.0842 e. The molecule has 1 unspecified atom stereocenters. The first kappa shape index (κ1) is 12.9. The van der Waals surface area contributed by atoms with Crippen molar-refractivity contribution >= 4 is 28.2 Å². The van der Waals surface area contributed by atoms with Gasteiger partial charge in [-0.25, -0.2) is 0 Å². The van der Waals surface area contributed by atoms with Crippen molar-refractivity contribution in [2.24, 2.45) is 0 Å². The lowest BCUT2D eigenvalue weighted by Gasteiger charge is -2.20. The van der Waals surface area contributed by atoms with E-state index in [2.05, 4.69) is 83.3 Å². The Bertz CT molecular complexity index is 588. The van der Waals surface area contributed by atoms with Crippen LogP contribution in [0.3, 0.4) is 0 Å². The Morgan fingerprint density at radius 3 is 2.74 bits per heavy atom. The number of hydrogen-bond donors (Lipinski definition) is 0. The second-order valence-electron chi connectivity index (χ2n) is 5.05. The van der Waals surface area contributed by atoms with Crippen molar-refractivity contribution in [3.8, 4) is 0 Å². The molecule has 0 spiro atoms. The van der Waals surface area contributed by atoms with Gasteiger partial charge in [-0.2, -0.15) is 0 Å². The Morgan fingerprint density at radius 2 is 2.00 bits per heavy atom. The van der Waals surface area contributed by atoms with Gasteiger partial charge < -0.3 is 0 Å². The summed E-state index contributed by atoms with van der Waals surface area (Å²) in [7, 11) is 0. The number of rotatable bonds is 2. The molecule has 1 aromatic carbocycles. The molecule has 0 amide bonds. The molecular weight excluding hydrogens is 343 g/mol. The van der Waals surface area contributed by atoms with E-state index in [0.29, 0.717) is 5.92 Å². The fraction of sp³-hybridized carbons (Fsp3) is 0.222. The first-order chi connectivity index (χ1) is 9.34. The molecule has 0 fully saturated rings. The van der Waals surface area contributed by atoms with Crippen molar-refractivity contribution < 1.29 is 0 Å². The lowest BCUT2D eigenvalue weighted by molar-refractivity contribution is 0.847. The zero-order chi connectivity index (χ0) is 13.1. The first-order valence-corrected chi connectivity index (χ1v) is 7.91. The van der Waals surface area contributed by atoms with Crippen LogP contribution in [0.1, 0.15) is 36.3 Å². The van der Waals surface area contributed by atoms with Crippen molar-refractivity contribution in [1.82, 2.24) is 0 Å². The Balaban J connectivity index is 2.04. The van der Waals surface area contributed by atoms with Crippen LogP contribution in [-0.2, 0) is 0 Å². The van der Waals surface area contributed by atoms with E-state index in [0.717, 1.165) is 19.3 Å². The Kier molecular flexibility index (Phi) is 4.02. The third-order valence-corrected chi connectivity index (χ3v) is 4.42. The number of allylic oxidation sites excluding steroid dienone is 8. The van der Waals surface area contributed by atoms with Crippen LogP contribution in [0, 0.1) is 3.57 Å². The van der Waals surface area contributed by atoms with Gasteiger partial charge in [0.25, 0.3) is 0 Å². The topological polar surface area (TPSA) is 0 Å². The highest BCUT2D eigenvalue weighted by Gasteiger charge is 2.16. The average Bonchev–Trinajstić information content (AvgIpc) is 2.49. The maximum atomic E-state index is 2.41. The maximum Gasteiger partial charge on any atom is 0.0133 e. The van der Waals surface area contributed by atoms with Gasteiger partial charge in [0.2, 0.25) is 0 Å². The summed E-state index contributed by atoms with van der Waals surface area (Å²) in [6.07, 6.45) is 19.1. The molecule has 3 rings (SSSR count). The molecule has 0 nitrogen and oxygen atoms in total. The number of halogens is 1. The first-order valence-electron chi connectivity index (χ1n) is 6.83. The molecule has 2 aliphatic rings. The quantitative estimate of drug-likeness (QED) is 0.600. The third-order valence-electron chi connectivity index (χ3n) is 3.75. The van der Waals surface area contributed by atoms with Crippen LogP contribution < -0.4 is 0 Å². The highest BCUT2D eigenvalue weighted by atomic mass is 127. The predicted molar refractivity (Wildman–Crippen MR) is 91.1 cm³/mol. The molecule has 19 heavy (non-hydrogen) atoms. The highest BCUT2D eigenvalue weighted by molar-refractivity contribution is 14.1. The predicted octanol–water partition coefficient (Wildman–Crippen LogP) is 5.62. The van der Waals surface area contributed by atoms with Crippen molar-refractivity contribution in [2.75, 3.05) is 0 Å². The molecule has 0 aromatic heterocycles. The summed E-state index contributed by atoms with van der Waals surface area (Å²) in [5, 5.41) is 0. The van der Waals surface area contributed by atoms with Crippen LogP contribution in [-0.4, -0.2) is 0 Å². The fourth-order valence-electron chi connectivity index (χ4n) is 2.77. The molecule has 0 bridgehead atoms. The van der Waals surface area contributed by atoms with Crippen LogP contribution in [0.2, 0.25) is 0 Å². The molecule has 1 heteroatoms. The highest BCUT2D eigenvalue weighted by Crippen LogP contribution is 2.34. The van der Waals surface area contributed by atoms with Crippen LogP contribution in [0.5, 0.6) is 0 Å². The Morgan fingerprint density at radius 1 is 1.05 bits per heavy atom. The smallest absolute Gasteiger partial charge is 0.0133 e. The summed E-state index contributed by atoms with van der Waals surface area (Å²) in [5.41, 5.74) is 4.40. The van der Waals surface area contributed by atoms with E-state index in [1.807, 2.05) is 0 Å². The van der Waals surface area contributed by atoms with Crippen molar-refractivity contribution in [2.45, 2.75) is 25.2 Å². The summed E-state index contributed by atoms with van der Waals surface area (Å²) < 4.78 is 1.33. The van der Waals surface area contributed by atoms with Gasteiger partial charge in [0.15, 0.2) is 0 Å². The van der Waals surface area contributed by atoms with Gasteiger partial charge in [0.1, 0.15) is 0 Å². The minimum absolute atomic E-state index is 0.529. The lowest BCUT2D eigenvalue weighted by atomic mass is 9.85. The van der Waals surface area contributed by atoms with Gasteiger partial charge >= 0.3 is 0 Å². The second-order valence-corrected chi connectivity index (χ2v) is 6.29. The Labute approximate surface area is 128 Å². The number of benzene rings is 1. The van der Waals surface area contributed by atoms with Crippen molar-refractivity contribution in [1.29, 1.82) is 0 Å². The van der Waals surface area contributed by atoms with Gasteiger partial charge in [-0.15, -0.1) is 0 Å². The molecule has 2 aliphatic carbocycles. The van der Waals surface area contributed by atoms with E-state index < -0.39 is 0 Å². The second kappa shape index (κ2) is 5.91. The minimum atomic E-state index is 0.529. The van der Waals surface area contributed by atoms with Gasteiger partial charge in [-0.1, -0.05) is 48.6 Å². The van der Waals surface area contributed by atoms with Crippen LogP contribution >= 0.6 is 22.6 Å². The molecule has 0 radical (unpaired) electrons. The normalized spacial score (nSPS) is 21.5. The van der Waals surface area contributed by atoms with Gasteiger partial charge in [-0.3, -0.25) is 0 Å². The summed E-state index contributed by atoms with van der Waals surface area (Å²) in [6, 6.07) is 6.87. The van der Waals surface area contributed by atoms with Gasteiger partial charge in [0, 0.05) is 9.49 Å². The number of hydrogen-bond acceptors (Lipinski definition) is 0. The fourth-order valence-corrected chi connectivity index (χ4v) is 3.29. The van der Waals surface area contributed by atoms with Crippen molar-refractivity contribution in [3.63, 3.8) is 0 Å². The van der Waals surface area contributed by atoms with E-state index in [1.54, 1.807) is 0 Å². The van der Waals surface area contributed by atoms with Crippen molar-refractivity contribution in [3.05, 3.63) is 75.4 Å². The SMILES string of the molecule is Ic1ccc(C2=CC=CCC2)c(C2C=CC=CC2)c1. The molecule has 0 aliphatic heterocycles. The summed E-state index contributed by atoms with van der Waals surface area (Å²) in [6.45, 7) is 0. The molecule has 0 saturated carbocycles. The molecule has 1 aromatic rings. The molecule has 0 N–H and O–H groups in total. The van der Waals surface area contributed by atoms with Crippen LogP contribution in [0.4, 0.5) is 0 Å².